The zero-order valence-electron chi connectivity index (χ0n) is 13.0. The van der Waals surface area contributed by atoms with Crippen LogP contribution in [0.1, 0.15) is 24.0 Å². The van der Waals surface area contributed by atoms with E-state index in [1.165, 1.54) is 6.20 Å². The second kappa shape index (κ2) is 6.44. The van der Waals surface area contributed by atoms with Crippen LogP contribution in [0.4, 0.5) is 0 Å². The van der Waals surface area contributed by atoms with Crippen LogP contribution in [0, 0.1) is 6.92 Å². The molecule has 0 radical (unpaired) electrons. The number of aryl methyl sites for hydroxylation is 1. The highest BCUT2D eigenvalue weighted by atomic mass is 16.2. The van der Waals surface area contributed by atoms with E-state index in [0.29, 0.717) is 22.7 Å². The number of nitrogens with two attached hydrogens (primary N) is 2. The van der Waals surface area contributed by atoms with Crippen LogP contribution in [0.25, 0.3) is 0 Å². The van der Waals surface area contributed by atoms with Crippen molar-refractivity contribution in [1.82, 2.24) is 10.9 Å². The lowest BCUT2D eigenvalue weighted by atomic mass is 9.79. The standard InChI is InChI=1S/C16H21N5O/c1-9-6-4-5-7-11(9)14-12(8-17)15(18)20-10(2)13(14)16(22)21-19-3/h4-8,14,19H,17H2,1-3H3,(H2,18,20)(H,21,22)/b12-8-. The van der Waals surface area contributed by atoms with Gasteiger partial charge >= 0.3 is 0 Å². The van der Waals surface area contributed by atoms with Crippen molar-refractivity contribution in [1.29, 1.82) is 0 Å². The van der Waals surface area contributed by atoms with Crippen LogP contribution in [-0.4, -0.2) is 18.8 Å². The molecule has 0 saturated carbocycles. The van der Waals surface area contributed by atoms with E-state index in [1.54, 1.807) is 14.0 Å². The molecule has 1 atom stereocenters. The van der Waals surface area contributed by atoms with Crippen molar-refractivity contribution in [2.24, 2.45) is 16.5 Å². The highest BCUT2D eigenvalue weighted by Gasteiger charge is 2.33. The van der Waals surface area contributed by atoms with E-state index in [2.05, 4.69) is 15.8 Å². The number of amides is 1. The largest absolute Gasteiger partial charge is 0.404 e. The summed E-state index contributed by atoms with van der Waals surface area (Å²) in [5.74, 6) is -0.241. The van der Waals surface area contributed by atoms with Gasteiger partial charge in [-0.1, -0.05) is 24.3 Å². The highest BCUT2D eigenvalue weighted by molar-refractivity contribution is 6.06. The molecule has 22 heavy (non-hydrogen) atoms. The van der Waals surface area contributed by atoms with Gasteiger partial charge in [0.25, 0.3) is 5.91 Å². The molecule has 1 unspecified atom stereocenters. The maximum absolute atomic E-state index is 12.5. The molecule has 1 aliphatic heterocycles. The van der Waals surface area contributed by atoms with Gasteiger partial charge in [0.15, 0.2) is 0 Å². The Labute approximate surface area is 130 Å². The van der Waals surface area contributed by atoms with Crippen molar-refractivity contribution >= 4 is 11.7 Å². The molecule has 1 aliphatic rings. The number of hydrogen-bond donors (Lipinski definition) is 4. The van der Waals surface area contributed by atoms with Crippen molar-refractivity contribution in [2.75, 3.05) is 7.05 Å². The minimum Gasteiger partial charge on any atom is -0.404 e. The lowest BCUT2D eigenvalue weighted by molar-refractivity contribution is -0.118. The molecule has 1 aromatic carbocycles. The average Bonchev–Trinajstić information content (AvgIpc) is 2.47. The van der Waals surface area contributed by atoms with E-state index in [-0.39, 0.29) is 11.8 Å². The lowest BCUT2D eigenvalue weighted by Crippen LogP contribution is -2.39. The second-order valence-corrected chi connectivity index (χ2v) is 5.11. The highest BCUT2D eigenvalue weighted by Crippen LogP contribution is 2.38. The minimum atomic E-state index is -0.336. The third-order valence-electron chi connectivity index (χ3n) is 3.74. The number of aliphatic imine (C=N–C) groups is 1. The molecule has 1 heterocycles. The zero-order valence-corrected chi connectivity index (χ0v) is 13.0. The summed E-state index contributed by atoms with van der Waals surface area (Å²) in [7, 11) is 1.64. The number of carbonyl (C=O) groups is 1. The molecule has 0 fully saturated rings. The van der Waals surface area contributed by atoms with Gasteiger partial charge in [-0.25, -0.2) is 10.4 Å². The Morgan fingerprint density at radius 2 is 2.00 bits per heavy atom. The van der Waals surface area contributed by atoms with E-state index in [9.17, 15) is 4.79 Å². The second-order valence-electron chi connectivity index (χ2n) is 5.11. The molecular formula is C16H21N5O. The van der Waals surface area contributed by atoms with Gasteiger partial charge < -0.3 is 11.5 Å². The first-order valence-electron chi connectivity index (χ1n) is 7.01. The summed E-state index contributed by atoms with van der Waals surface area (Å²) in [5.41, 5.74) is 20.8. The fraction of sp³-hybridized carbons (Fsp3) is 0.250. The van der Waals surface area contributed by atoms with Gasteiger partial charge in [0, 0.05) is 30.4 Å². The number of rotatable bonds is 3. The Morgan fingerprint density at radius 1 is 1.32 bits per heavy atom. The van der Waals surface area contributed by atoms with Gasteiger partial charge in [0.05, 0.1) is 5.57 Å². The number of benzene rings is 1. The first-order chi connectivity index (χ1) is 10.5. The van der Waals surface area contributed by atoms with Crippen molar-refractivity contribution in [3.8, 4) is 0 Å². The van der Waals surface area contributed by atoms with E-state index in [1.807, 2.05) is 31.2 Å². The zero-order chi connectivity index (χ0) is 16.3. The topological polar surface area (TPSA) is 106 Å². The predicted octanol–water partition coefficient (Wildman–Crippen LogP) is 0.817. The Bertz CT molecular complexity index is 688. The van der Waals surface area contributed by atoms with Gasteiger partial charge in [-0.05, 0) is 25.0 Å². The molecule has 0 aliphatic carbocycles. The number of hydrogen-bond acceptors (Lipinski definition) is 5. The van der Waals surface area contributed by atoms with Crippen LogP contribution < -0.4 is 22.3 Å². The van der Waals surface area contributed by atoms with E-state index in [4.69, 9.17) is 11.5 Å². The summed E-state index contributed by atoms with van der Waals surface area (Å²) in [4.78, 5) is 16.7. The average molecular weight is 299 g/mol. The van der Waals surface area contributed by atoms with Crippen molar-refractivity contribution in [2.45, 2.75) is 19.8 Å². The van der Waals surface area contributed by atoms with Gasteiger partial charge in [0.1, 0.15) is 5.84 Å². The molecule has 2 rings (SSSR count). The Hall–Kier alpha value is -2.60. The van der Waals surface area contributed by atoms with Gasteiger partial charge in [-0.2, -0.15) is 0 Å². The Morgan fingerprint density at radius 3 is 2.59 bits per heavy atom. The summed E-state index contributed by atoms with van der Waals surface area (Å²) in [6.45, 7) is 3.77. The van der Waals surface area contributed by atoms with Crippen molar-refractivity contribution in [3.63, 3.8) is 0 Å². The molecule has 6 heteroatoms. The van der Waals surface area contributed by atoms with E-state index < -0.39 is 0 Å². The SMILES string of the molecule is CNNC(=O)C1=C(C)N=C(N)/C(=C\N)C1c1ccccc1C. The van der Waals surface area contributed by atoms with Gasteiger partial charge in [0.2, 0.25) is 0 Å². The number of nitrogens with zero attached hydrogens (tertiary/aromatic N) is 1. The van der Waals surface area contributed by atoms with Crippen LogP contribution >= 0.6 is 0 Å². The minimum absolute atomic E-state index is 0.246. The van der Waals surface area contributed by atoms with Gasteiger partial charge in [-0.15, -0.1) is 0 Å². The predicted molar refractivity (Wildman–Crippen MR) is 87.7 cm³/mol. The molecule has 1 aromatic rings. The molecular weight excluding hydrogens is 278 g/mol. The van der Waals surface area contributed by atoms with Gasteiger partial charge in [-0.3, -0.25) is 10.2 Å². The first-order valence-corrected chi connectivity index (χ1v) is 7.01. The summed E-state index contributed by atoms with van der Waals surface area (Å²) < 4.78 is 0. The molecule has 0 bridgehead atoms. The van der Waals surface area contributed by atoms with E-state index in [0.717, 1.165) is 11.1 Å². The van der Waals surface area contributed by atoms with E-state index >= 15 is 0 Å². The van der Waals surface area contributed by atoms with Crippen LogP contribution in [0.3, 0.4) is 0 Å². The Kier molecular flexibility index (Phi) is 4.62. The summed E-state index contributed by atoms with van der Waals surface area (Å²) in [6.07, 6.45) is 1.43. The first kappa shape index (κ1) is 15.8. The van der Waals surface area contributed by atoms with Crippen molar-refractivity contribution < 1.29 is 4.79 Å². The normalized spacial score (nSPS) is 20.0. The number of carbonyl (C=O) groups excluding carboxylic acids is 1. The number of hydrazine groups is 1. The third kappa shape index (κ3) is 2.73. The number of allylic oxidation sites excluding steroid dienone is 1. The van der Waals surface area contributed by atoms with Crippen molar-refractivity contribution in [3.05, 3.63) is 58.4 Å². The quantitative estimate of drug-likeness (QED) is 0.620. The number of amidine groups is 1. The lowest BCUT2D eigenvalue weighted by Gasteiger charge is -2.28. The number of nitrogens with one attached hydrogen (secondary N) is 2. The molecule has 116 valence electrons. The van der Waals surface area contributed by atoms with Crippen LogP contribution in [-0.2, 0) is 4.79 Å². The molecule has 1 amide bonds. The summed E-state index contributed by atoms with van der Waals surface area (Å²) >= 11 is 0. The fourth-order valence-electron chi connectivity index (χ4n) is 2.71. The van der Waals surface area contributed by atoms with Crippen LogP contribution in [0.15, 0.2) is 52.3 Å². The maximum atomic E-state index is 12.5. The molecule has 0 spiro atoms. The molecule has 0 saturated heterocycles. The summed E-state index contributed by atoms with van der Waals surface area (Å²) in [5, 5.41) is 0. The van der Waals surface area contributed by atoms with Crippen LogP contribution in [0.2, 0.25) is 0 Å². The third-order valence-corrected chi connectivity index (χ3v) is 3.74. The van der Waals surface area contributed by atoms with Crippen LogP contribution in [0.5, 0.6) is 0 Å². The monoisotopic (exact) mass is 299 g/mol. The maximum Gasteiger partial charge on any atom is 0.264 e. The smallest absolute Gasteiger partial charge is 0.264 e. The molecule has 0 aromatic heterocycles. The Balaban J connectivity index is 2.66. The summed E-state index contributed by atoms with van der Waals surface area (Å²) in [6, 6.07) is 7.85. The molecule has 6 nitrogen and oxygen atoms in total. The molecule has 6 N–H and O–H groups in total. The fourth-order valence-corrected chi connectivity index (χ4v) is 2.71.